The fourth-order valence-electron chi connectivity index (χ4n) is 3.14. The molecule has 0 aliphatic heterocycles. The summed E-state index contributed by atoms with van der Waals surface area (Å²) in [6.07, 6.45) is 1.53. The van der Waals surface area contributed by atoms with Crippen LogP contribution in [-0.2, 0) is 16.6 Å². The van der Waals surface area contributed by atoms with Crippen LogP contribution < -0.4 is 14.8 Å². The molecule has 1 unspecified atom stereocenters. The maximum Gasteiger partial charge on any atom is 0.258 e. The van der Waals surface area contributed by atoms with Crippen molar-refractivity contribution in [3.63, 3.8) is 0 Å². The molecule has 31 heavy (non-hydrogen) atoms. The monoisotopic (exact) mass is 439 g/mol. The summed E-state index contributed by atoms with van der Waals surface area (Å²) in [5.74, 6) is 0.985. The van der Waals surface area contributed by atoms with Crippen LogP contribution in [0.1, 0.15) is 32.9 Å². The summed E-state index contributed by atoms with van der Waals surface area (Å²) in [5, 5.41) is 3.13. The average molecular weight is 440 g/mol. The Morgan fingerprint density at radius 2 is 1.87 bits per heavy atom. The van der Waals surface area contributed by atoms with Crippen LogP contribution in [0.2, 0.25) is 0 Å². The Labute approximate surface area is 184 Å². The van der Waals surface area contributed by atoms with E-state index in [-0.39, 0.29) is 22.2 Å². The number of carbonyl (C=O) groups excluding carboxylic acids is 1. The largest absolute Gasteiger partial charge is 0.497 e. The van der Waals surface area contributed by atoms with Gasteiger partial charge in [-0.2, -0.15) is 0 Å². The Balaban J connectivity index is 1.88. The van der Waals surface area contributed by atoms with E-state index in [4.69, 9.17) is 9.47 Å². The lowest BCUT2D eigenvalue weighted by atomic mass is 10.1. The molecule has 0 aliphatic rings. The Morgan fingerprint density at radius 1 is 1.10 bits per heavy atom. The van der Waals surface area contributed by atoms with Crippen LogP contribution in [0.3, 0.4) is 0 Å². The summed E-state index contributed by atoms with van der Waals surface area (Å²) in [4.78, 5) is 21.7. The van der Waals surface area contributed by atoms with Crippen molar-refractivity contribution in [2.24, 2.45) is 0 Å². The number of methoxy groups -OCH3 is 2. The van der Waals surface area contributed by atoms with Crippen molar-refractivity contribution < 1.29 is 18.5 Å². The van der Waals surface area contributed by atoms with Gasteiger partial charge in [0.2, 0.25) is 0 Å². The third-order valence-electron chi connectivity index (χ3n) is 4.90. The minimum atomic E-state index is -1.56. The molecule has 7 nitrogen and oxygen atoms in total. The first-order valence-corrected chi connectivity index (χ1v) is 11.0. The number of hydrogen-bond donors (Lipinski definition) is 1. The third-order valence-corrected chi connectivity index (χ3v) is 6.23. The quantitative estimate of drug-likeness (QED) is 0.599. The maximum atomic E-state index is 13.2. The van der Waals surface area contributed by atoms with Gasteiger partial charge in [-0.25, -0.2) is 4.98 Å². The van der Waals surface area contributed by atoms with Gasteiger partial charge in [0.15, 0.2) is 0 Å². The van der Waals surface area contributed by atoms with E-state index < -0.39 is 10.8 Å². The number of ether oxygens (including phenoxy) is 2. The lowest BCUT2D eigenvalue weighted by Gasteiger charge is -2.14. The summed E-state index contributed by atoms with van der Waals surface area (Å²) in [5.41, 5.74) is 4.20. The molecule has 1 N–H and O–H groups in total. The number of pyridine rings is 2. The second kappa shape index (κ2) is 9.70. The van der Waals surface area contributed by atoms with E-state index >= 15 is 0 Å². The average Bonchev–Trinajstić information content (AvgIpc) is 2.77. The van der Waals surface area contributed by atoms with Crippen molar-refractivity contribution in [3.05, 3.63) is 70.7 Å². The molecule has 1 aromatic carbocycles. The number of aryl methyl sites for hydroxylation is 2. The van der Waals surface area contributed by atoms with Gasteiger partial charge >= 0.3 is 0 Å². The van der Waals surface area contributed by atoms with Crippen LogP contribution in [0.4, 0.5) is 5.69 Å². The maximum absolute atomic E-state index is 13.2. The number of hydrogen-bond acceptors (Lipinski definition) is 6. The standard InChI is InChI=1S/C23H25N3O4S/c1-14-11-20(15(2)16(3)25-14)26-22(27)19-7-6-10-24-23(19)31(28)13-17-8-9-18(29-4)12-21(17)30-5/h6-12H,13H2,1-5H3,(H,25,26,27). The molecule has 0 saturated carbocycles. The highest BCUT2D eigenvalue weighted by Crippen LogP contribution is 2.27. The zero-order valence-corrected chi connectivity index (χ0v) is 19.0. The Hall–Kier alpha value is -3.26. The number of anilines is 1. The molecule has 3 rings (SSSR count). The van der Waals surface area contributed by atoms with Crippen LogP contribution >= 0.6 is 0 Å². The predicted octanol–water partition coefficient (Wildman–Crippen LogP) is 3.98. The lowest BCUT2D eigenvalue weighted by Crippen LogP contribution is -2.17. The van der Waals surface area contributed by atoms with Crippen molar-refractivity contribution >= 4 is 22.4 Å². The van der Waals surface area contributed by atoms with Crippen LogP contribution in [0.5, 0.6) is 11.5 Å². The summed E-state index contributed by atoms with van der Waals surface area (Å²) in [6, 6.07) is 10.4. The van der Waals surface area contributed by atoms with Gasteiger partial charge in [0.25, 0.3) is 5.91 Å². The van der Waals surface area contributed by atoms with Gasteiger partial charge in [0.05, 0.1) is 36.3 Å². The summed E-state index contributed by atoms with van der Waals surface area (Å²) in [7, 11) is 1.55. The molecule has 1 amide bonds. The van der Waals surface area contributed by atoms with Crippen LogP contribution in [0, 0.1) is 20.8 Å². The summed E-state index contributed by atoms with van der Waals surface area (Å²) in [6.45, 7) is 5.66. The molecule has 0 bridgehead atoms. The van der Waals surface area contributed by atoms with E-state index in [1.54, 1.807) is 44.6 Å². The zero-order valence-electron chi connectivity index (χ0n) is 18.2. The summed E-state index contributed by atoms with van der Waals surface area (Å²) >= 11 is 0. The molecule has 3 aromatic rings. The van der Waals surface area contributed by atoms with Crippen LogP contribution in [0.15, 0.2) is 47.6 Å². The Morgan fingerprint density at radius 3 is 2.58 bits per heavy atom. The number of amides is 1. The van der Waals surface area contributed by atoms with Crippen LogP contribution in [0.25, 0.3) is 0 Å². The first-order chi connectivity index (χ1) is 14.8. The molecule has 1 atom stereocenters. The van der Waals surface area contributed by atoms with E-state index in [0.29, 0.717) is 17.2 Å². The highest BCUT2D eigenvalue weighted by molar-refractivity contribution is 7.84. The smallest absolute Gasteiger partial charge is 0.258 e. The van der Waals surface area contributed by atoms with Crippen molar-refractivity contribution in [2.45, 2.75) is 31.6 Å². The van der Waals surface area contributed by atoms with Gasteiger partial charge < -0.3 is 14.8 Å². The fourth-order valence-corrected chi connectivity index (χ4v) is 4.38. The molecule has 0 aliphatic carbocycles. The van der Waals surface area contributed by atoms with Gasteiger partial charge in [0, 0.05) is 34.9 Å². The van der Waals surface area contributed by atoms with E-state index in [1.165, 1.54) is 6.20 Å². The van der Waals surface area contributed by atoms with E-state index in [2.05, 4.69) is 15.3 Å². The number of carbonyl (C=O) groups is 1. The molecule has 0 saturated heterocycles. The lowest BCUT2D eigenvalue weighted by molar-refractivity contribution is 0.102. The van der Waals surface area contributed by atoms with E-state index in [9.17, 15) is 9.00 Å². The fraction of sp³-hybridized carbons (Fsp3) is 0.261. The summed E-state index contributed by atoms with van der Waals surface area (Å²) < 4.78 is 23.8. The van der Waals surface area contributed by atoms with Crippen molar-refractivity contribution in [2.75, 3.05) is 19.5 Å². The molecule has 0 radical (unpaired) electrons. The van der Waals surface area contributed by atoms with Gasteiger partial charge in [0.1, 0.15) is 16.5 Å². The van der Waals surface area contributed by atoms with Gasteiger partial charge in [-0.15, -0.1) is 0 Å². The zero-order chi connectivity index (χ0) is 22.5. The Kier molecular flexibility index (Phi) is 7.02. The number of nitrogens with one attached hydrogen (secondary N) is 1. The SMILES string of the molecule is COc1ccc(CS(=O)c2ncccc2C(=O)Nc2cc(C)nc(C)c2C)c(OC)c1. The minimum absolute atomic E-state index is 0.150. The number of aromatic nitrogens is 2. The first-order valence-electron chi connectivity index (χ1n) is 9.64. The predicted molar refractivity (Wildman–Crippen MR) is 120 cm³/mol. The van der Waals surface area contributed by atoms with Crippen LogP contribution in [-0.4, -0.2) is 34.3 Å². The normalized spacial score (nSPS) is 11.6. The van der Waals surface area contributed by atoms with Crippen molar-refractivity contribution in [1.82, 2.24) is 9.97 Å². The second-order valence-corrected chi connectivity index (χ2v) is 8.37. The van der Waals surface area contributed by atoms with Gasteiger partial charge in [-0.1, -0.05) is 6.07 Å². The number of rotatable bonds is 7. The molecule has 2 aromatic heterocycles. The second-order valence-electron chi connectivity index (χ2n) is 7.00. The molecule has 8 heteroatoms. The molecular weight excluding hydrogens is 414 g/mol. The minimum Gasteiger partial charge on any atom is -0.497 e. The molecule has 0 fully saturated rings. The van der Waals surface area contributed by atoms with E-state index in [0.717, 1.165) is 22.5 Å². The highest BCUT2D eigenvalue weighted by Gasteiger charge is 2.20. The van der Waals surface area contributed by atoms with Gasteiger partial charge in [-0.3, -0.25) is 14.0 Å². The van der Waals surface area contributed by atoms with Crippen molar-refractivity contribution in [3.8, 4) is 11.5 Å². The molecule has 2 heterocycles. The number of benzene rings is 1. The van der Waals surface area contributed by atoms with E-state index in [1.807, 2.05) is 26.8 Å². The van der Waals surface area contributed by atoms with Gasteiger partial charge in [-0.05, 0) is 50.6 Å². The molecular formula is C23H25N3O4S. The third kappa shape index (κ3) is 5.08. The molecule has 0 spiro atoms. The number of nitrogens with zero attached hydrogens (tertiary/aromatic N) is 2. The van der Waals surface area contributed by atoms with Crippen molar-refractivity contribution in [1.29, 1.82) is 0 Å². The highest BCUT2D eigenvalue weighted by atomic mass is 32.2. The first kappa shape index (κ1) is 22.4. The molecule has 162 valence electrons. The topological polar surface area (TPSA) is 90.4 Å². The Bertz CT molecular complexity index is 1150.